The zero-order chi connectivity index (χ0) is 17.7. The molecule has 1 aromatic carbocycles. The van der Waals surface area contributed by atoms with Crippen LogP contribution in [0.5, 0.6) is 5.75 Å². The topological polar surface area (TPSA) is 99.3 Å². The summed E-state index contributed by atoms with van der Waals surface area (Å²) in [6.45, 7) is -0.911. The van der Waals surface area contributed by atoms with Crippen molar-refractivity contribution < 1.29 is 23.2 Å². The molecule has 0 unspecified atom stereocenters. The minimum absolute atomic E-state index is 0.115. The molecule has 0 bridgehead atoms. The van der Waals surface area contributed by atoms with E-state index in [0.717, 1.165) is 0 Å². The summed E-state index contributed by atoms with van der Waals surface area (Å²) in [7, 11) is 0. The first-order valence-corrected chi connectivity index (χ1v) is 6.88. The number of nitrogens with zero attached hydrogens (tertiary/aromatic N) is 3. The molecule has 0 fully saturated rings. The number of nitro groups is 1. The van der Waals surface area contributed by atoms with Gasteiger partial charge in [0, 0.05) is 12.1 Å². The van der Waals surface area contributed by atoms with Gasteiger partial charge < -0.3 is 20.2 Å². The van der Waals surface area contributed by atoms with Gasteiger partial charge in [0.2, 0.25) is 0 Å². The quantitative estimate of drug-likeness (QED) is 0.615. The van der Waals surface area contributed by atoms with Crippen LogP contribution in [-0.4, -0.2) is 33.8 Å². The second kappa shape index (κ2) is 7.49. The number of aromatic nitrogens is 2. The molecule has 24 heavy (non-hydrogen) atoms. The number of ether oxygens (including phenoxy) is 1. The van der Waals surface area contributed by atoms with Gasteiger partial charge in [-0.3, -0.25) is 4.79 Å². The van der Waals surface area contributed by atoms with E-state index in [1.54, 1.807) is 6.92 Å². The Bertz CT molecular complexity index is 748. The standard InChI is InChI=1S/C14H14F2N4O4/c1-9-7-12(20(22)23)18-19(9)6-5-17-13(21)10-3-2-4-11(8-10)24-14(15)16/h2-4,7-8,14H,5-6H2,1H3,(H,17,21). The van der Waals surface area contributed by atoms with Crippen molar-refractivity contribution in [3.05, 3.63) is 51.7 Å². The van der Waals surface area contributed by atoms with Crippen molar-refractivity contribution in [3.63, 3.8) is 0 Å². The fraction of sp³-hybridized carbons (Fsp3) is 0.286. The number of hydrogen-bond acceptors (Lipinski definition) is 5. The maximum absolute atomic E-state index is 12.2. The number of rotatable bonds is 7. The Morgan fingerprint density at radius 1 is 1.46 bits per heavy atom. The highest BCUT2D eigenvalue weighted by Crippen LogP contribution is 2.16. The first-order chi connectivity index (χ1) is 11.4. The van der Waals surface area contributed by atoms with E-state index >= 15 is 0 Å². The molecule has 0 aliphatic rings. The fourth-order valence-electron chi connectivity index (χ4n) is 2.00. The van der Waals surface area contributed by atoms with Crippen molar-refractivity contribution >= 4 is 11.7 Å². The molecule has 0 aliphatic heterocycles. The van der Waals surface area contributed by atoms with Crippen LogP contribution in [0, 0.1) is 17.0 Å². The molecule has 10 heteroatoms. The van der Waals surface area contributed by atoms with Crippen LogP contribution < -0.4 is 10.1 Å². The van der Waals surface area contributed by atoms with Gasteiger partial charge in [0.1, 0.15) is 5.75 Å². The summed E-state index contributed by atoms with van der Waals surface area (Å²) in [5.74, 6) is -0.860. The average molecular weight is 340 g/mol. The van der Waals surface area contributed by atoms with Crippen molar-refractivity contribution in [2.75, 3.05) is 6.54 Å². The third-order valence-corrected chi connectivity index (χ3v) is 3.09. The number of amides is 1. The van der Waals surface area contributed by atoms with Crippen LogP contribution in [0.2, 0.25) is 0 Å². The van der Waals surface area contributed by atoms with Crippen LogP contribution in [-0.2, 0) is 6.54 Å². The summed E-state index contributed by atoms with van der Waals surface area (Å²) in [6, 6.07) is 6.72. The van der Waals surface area contributed by atoms with Gasteiger partial charge in [-0.2, -0.15) is 13.5 Å². The Morgan fingerprint density at radius 3 is 2.83 bits per heavy atom. The number of benzene rings is 1. The molecule has 0 saturated heterocycles. The van der Waals surface area contributed by atoms with Crippen LogP contribution in [0.4, 0.5) is 14.6 Å². The molecule has 1 amide bonds. The highest BCUT2D eigenvalue weighted by molar-refractivity contribution is 5.94. The lowest BCUT2D eigenvalue weighted by Gasteiger charge is -2.07. The summed E-state index contributed by atoms with van der Waals surface area (Å²) >= 11 is 0. The van der Waals surface area contributed by atoms with Gasteiger partial charge in [-0.1, -0.05) is 6.07 Å². The molecule has 2 rings (SSSR count). The number of hydrogen-bond donors (Lipinski definition) is 1. The normalized spacial score (nSPS) is 10.7. The van der Waals surface area contributed by atoms with Crippen LogP contribution in [0.3, 0.4) is 0 Å². The molecule has 0 spiro atoms. The summed E-state index contributed by atoms with van der Waals surface area (Å²) < 4.78 is 29.9. The van der Waals surface area contributed by atoms with Crippen molar-refractivity contribution in [2.24, 2.45) is 0 Å². The second-order valence-electron chi connectivity index (χ2n) is 4.79. The Labute approximate surface area is 135 Å². The summed E-state index contributed by atoms with van der Waals surface area (Å²) in [6.07, 6.45) is 0. The van der Waals surface area contributed by atoms with E-state index in [1.807, 2.05) is 0 Å². The van der Waals surface area contributed by atoms with E-state index in [4.69, 9.17) is 0 Å². The van der Waals surface area contributed by atoms with E-state index in [-0.39, 0.29) is 30.2 Å². The number of carbonyl (C=O) groups excluding carboxylic acids is 1. The molecular weight excluding hydrogens is 326 g/mol. The number of aryl methyl sites for hydroxylation is 1. The third kappa shape index (κ3) is 4.48. The molecular formula is C14H14F2N4O4. The van der Waals surface area contributed by atoms with Crippen molar-refractivity contribution in [1.82, 2.24) is 15.1 Å². The number of nitrogens with one attached hydrogen (secondary N) is 1. The van der Waals surface area contributed by atoms with E-state index in [1.165, 1.54) is 35.0 Å². The van der Waals surface area contributed by atoms with E-state index in [9.17, 15) is 23.7 Å². The largest absolute Gasteiger partial charge is 0.435 e. The minimum atomic E-state index is -2.97. The number of halogens is 2. The first kappa shape index (κ1) is 17.3. The first-order valence-electron chi connectivity index (χ1n) is 6.88. The van der Waals surface area contributed by atoms with E-state index in [2.05, 4.69) is 15.2 Å². The molecule has 0 aliphatic carbocycles. The van der Waals surface area contributed by atoms with Gasteiger partial charge in [-0.25, -0.2) is 0 Å². The highest BCUT2D eigenvalue weighted by atomic mass is 19.3. The Kier molecular flexibility index (Phi) is 5.40. The predicted molar refractivity (Wildman–Crippen MR) is 79.0 cm³/mol. The lowest BCUT2D eigenvalue weighted by molar-refractivity contribution is -0.389. The van der Waals surface area contributed by atoms with Crippen LogP contribution in [0.1, 0.15) is 16.1 Å². The Hall–Kier alpha value is -3.04. The molecule has 128 valence electrons. The smallest absolute Gasteiger partial charge is 0.390 e. The molecule has 1 heterocycles. The summed E-state index contributed by atoms with van der Waals surface area (Å²) in [4.78, 5) is 22.0. The molecule has 0 saturated carbocycles. The maximum Gasteiger partial charge on any atom is 0.390 e. The molecule has 0 atom stereocenters. The van der Waals surface area contributed by atoms with Crippen LogP contribution in [0.25, 0.3) is 0 Å². The molecule has 8 nitrogen and oxygen atoms in total. The predicted octanol–water partition coefficient (Wildman–Crippen LogP) is 2.13. The Balaban J connectivity index is 1.92. The minimum Gasteiger partial charge on any atom is -0.435 e. The van der Waals surface area contributed by atoms with Gasteiger partial charge in [0.25, 0.3) is 5.91 Å². The second-order valence-corrected chi connectivity index (χ2v) is 4.79. The lowest BCUT2D eigenvalue weighted by atomic mass is 10.2. The summed E-state index contributed by atoms with van der Waals surface area (Å²) in [5.41, 5.74) is 0.750. The third-order valence-electron chi connectivity index (χ3n) is 3.09. The number of carbonyl (C=O) groups is 1. The SMILES string of the molecule is Cc1cc([N+](=O)[O-])nn1CCNC(=O)c1cccc(OC(F)F)c1. The van der Waals surface area contributed by atoms with Crippen molar-refractivity contribution in [1.29, 1.82) is 0 Å². The highest BCUT2D eigenvalue weighted by Gasteiger charge is 2.15. The van der Waals surface area contributed by atoms with Gasteiger partial charge in [0.15, 0.2) is 0 Å². The average Bonchev–Trinajstić information content (AvgIpc) is 2.88. The molecule has 1 aromatic heterocycles. The van der Waals surface area contributed by atoms with Gasteiger partial charge in [-0.05, 0) is 30.0 Å². The van der Waals surface area contributed by atoms with Crippen LogP contribution >= 0.6 is 0 Å². The molecule has 0 radical (unpaired) electrons. The Morgan fingerprint density at radius 2 is 2.21 bits per heavy atom. The van der Waals surface area contributed by atoms with Gasteiger partial charge in [0.05, 0.1) is 23.4 Å². The van der Waals surface area contributed by atoms with E-state index < -0.39 is 17.4 Å². The van der Waals surface area contributed by atoms with Crippen molar-refractivity contribution in [2.45, 2.75) is 20.1 Å². The van der Waals surface area contributed by atoms with Crippen molar-refractivity contribution in [3.8, 4) is 5.75 Å². The van der Waals surface area contributed by atoms with Gasteiger partial charge >= 0.3 is 12.4 Å². The maximum atomic E-state index is 12.2. The lowest BCUT2D eigenvalue weighted by Crippen LogP contribution is -2.27. The zero-order valence-electron chi connectivity index (χ0n) is 12.6. The van der Waals surface area contributed by atoms with Crippen LogP contribution in [0.15, 0.2) is 30.3 Å². The fourth-order valence-corrected chi connectivity index (χ4v) is 2.00. The zero-order valence-corrected chi connectivity index (χ0v) is 12.6. The van der Waals surface area contributed by atoms with Gasteiger partial charge in [-0.15, -0.1) is 0 Å². The summed E-state index contributed by atoms with van der Waals surface area (Å²) in [5, 5.41) is 17.0. The monoisotopic (exact) mass is 340 g/mol. The molecule has 1 N–H and O–H groups in total. The molecule has 2 aromatic rings. The van der Waals surface area contributed by atoms with E-state index in [0.29, 0.717) is 5.69 Å². The number of alkyl halides is 2.